The predicted molar refractivity (Wildman–Crippen MR) is 77.1 cm³/mol. The van der Waals surface area contributed by atoms with Gasteiger partial charge in [0.2, 0.25) is 0 Å². The molecule has 0 aliphatic carbocycles. The van der Waals surface area contributed by atoms with Crippen LogP contribution in [0.25, 0.3) is 0 Å². The van der Waals surface area contributed by atoms with Gasteiger partial charge in [-0.05, 0) is 12.3 Å². The van der Waals surface area contributed by atoms with Gasteiger partial charge >= 0.3 is 5.97 Å². The fourth-order valence-electron chi connectivity index (χ4n) is 2.43. The van der Waals surface area contributed by atoms with Crippen LogP contribution in [-0.4, -0.2) is 40.3 Å². The van der Waals surface area contributed by atoms with Crippen LogP contribution in [-0.2, 0) is 0 Å². The van der Waals surface area contributed by atoms with Crippen LogP contribution in [0.3, 0.4) is 0 Å². The number of nitro benzene ring substituents is 1. The summed E-state index contributed by atoms with van der Waals surface area (Å²) in [4.78, 5) is 23.2. The summed E-state index contributed by atoms with van der Waals surface area (Å²) in [5.74, 6) is -1.17. The van der Waals surface area contributed by atoms with Gasteiger partial charge in [0.15, 0.2) is 0 Å². The molecule has 0 radical (unpaired) electrons. The summed E-state index contributed by atoms with van der Waals surface area (Å²) in [5.41, 5.74) is -0.372. The van der Waals surface area contributed by atoms with E-state index < -0.39 is 17.0 Å². The highest BCUT2D eigenvalue weighted by molar-refractivity contribution is 6.34. The van der Waals surface area contributed by atoms with Gasteiger partial charge in [0, 0.05) is 25.2 Å². The van der Waals surface area contributed by atoms with Gasteiger partial charge in [0.05, 0.1) is 27.3 Å². The average Bonchev–Trinajstić information content (AvgIpc) is 2.41. The minimum absolute atomic E-state index is 0.00310. The molecule has 1 fully saturated rings. The molecule has 1 aromatic rings. The van der Waals surface area contributed by atoms with Crippen LogP contribution in [0.4, 0.5) is 11.4 Å². The highest BCUT2D eigenvalue weighted by atomic mass is 35.5. The van der Waals surface area contributed by atoms with Gasteiger partial charge in [-0.15, -0.1) is 0 Å². The molecule has 2 rings (SSSR count). The summed E-state index contributed by atoms with van der Waals surface area (Å²) in [7, 11) is 0. The monoisotopic (exact) mass is 314 g/mol. The molecule has 7 nitrogen and oxygen atoms in total. The molecule has 0 saturated carbocycles. The lowest BCUT2D eigenvalue weighted by Crippen LogP contribution is -2.43. The van der Waals surface area contributed by atoms with Crippen molar-refractivity contribution in [2.45, 2.75) is 19.4 Å². The second-order valence-corrected chi connectivity index (χ2v) is 5.57. The van der Waals surface area contributed by atoms with Crippen LogP contribution in [0.2, 0.25) is 5.02 Å². The van der Waals surface area contributed by atoms with Crippen LogP contribution < -0.4 is 4.90 Å². The first-order chi connectivity index (χ1) is 9.81. The topological polar surface area (TPSA) is 104 Å². The number of benzene rings is 1. The number of piperidine rings is 1. The van der Waals surface area contributed by atoms with Crippen molar-refractivity contribution in [3.63, 3.8) is 0 Å². The summed E-state index contributed by atoms with van der Waals surface area (Å²) in [6, 6.07) is 2.13. The Hall–Kier alpha value is -1.86. The average molecular weight is 315 g/mol. The number of halogens is 1. The summed E-state index contributed by atoms with van der Waals surface area (Å²) in [6.45, 7) is 2.70. The molecule has 1 saturated heterocycles. The Balaban J connectivity index is 2.47. The van der Waals surface area contributed by atoms with E-state index in [1.165, 1.54) is 0 Å². The molecule has 0 aromatic heterocycles. The molecule has 1 aromatic carbocycles. The predicted octanol–water partition coefficient (Wildman–Crippen LogP) is 2.15. The molecule has 114 valence electrons. The molecule has 0 spiro atoms. The Morgan fingerprint density at radius 3 is 2.71 bits per heavy atom. The zero-order valence-electron chi connectivity index (χ0n) is 11.3. The van der Waals surface area contributed by atoms with Gasteiger partial charge in [-0.1, -0.05) is 18.5 Å². The van der Waals surface area contributed by atoms with Gasteiger partial charge in [-0.3, -0.25) is 10.1 Å². The van der Waals surface area contributed by atoms with Crippen molar-refractivity contribution in [3.05, 3.63) is 32.8 Å². The first kappa shape index (κ1) is 15.5. The molecular formula is C13H15ClN2O5. The minimum Gasteiger partial charge on any atom is -0.478 e. The molecule has 2 unspecified atom stereocenters. The zero-order chi connectivity index (χ0) is 15.7. The molecule has 0 amide bonds. The third-order valence-electron chi connectivity index (χ3n) is 3.72. The summed E-state index contributed by atoms with van der Waals surface area (Å²) < 4.78 is 0. The van der Waals surface area contributed by atoms with E-state index in [-0.39, 0.29) is 34.4 Å². The molecule has 8 heteroatoms. The SMILES string of the molecule is CC1CCN(c2c(Cl)cc([N+](=O)[O-])cc2C(=O)O)CC1O. The molecule has 2 atom stereocenters. The fourth-order valence-corrected chi connectivity index (χ4v) is 2.76. The molecule has 1 aliphatic heterocycles. The Kier molecular flexibility index (Phi) is 4.34. The Labute approximate surface area is 125 Å². The minimum atomic E-state index is -1.29. The van der Waals surface area contributed by atoms with E-state index in [1.54, 1.807) is 4.90 Å². The Bertz CT molecular complexity index is 592. The van der Waals surface area contributed by atoms with Crippen LogP contribution >= 0.6 is 11.6 Å². The number of hydrogen-bond acceptors (Lipinski definition) is 5. The zero-order valence-corrected chi connectivity index (χ0v) is 12.1. The number of carboxylic acid groups (broad SMARTS) is 1. The number of β-amino-alcohol motifs (C(OH)–C–C–N with tert-alkyl or cyclic N) is 1. The molecule has 21 heavy (non-hydrogen) atoms. The second-order valence-electron chi connectivity index (χ2n) is 5.17. The van der Waals surface area contributed by atoms with Gasteiger partial charge in [0.25, 0.3) is 5.69 Å². The number of nitrogens with zero attached hydrogens (tertiary/aromatic N) is 2. The molecule has 2 N–H and O–H groups in total. The summed E-state index contributed by atoms with van der Waals surface area (Å²) >= 11 is 6.05. The lowest BCUT2D eigenvalue weighted by molar-refractivity contribution is -0.384. The van der Waals surface area contributed by atoms with Crippen molar-refractivity contribution < 1.29 is 19.9 Å². The van der Waals surface area contributed by atoms with Gasteiger partial charge in [-0.25, -0.2) is 4.79 Å². The normalized spacial score (nSPS) is 22.1. The number of carboxylic acids is 1. The maximum Gasteiger partial charge on any atom is 0.338 e. The van der Waals surface area contributed by atoms with Crippen LogP contribution in [0.5, 0.6) is 0 Å². The van der Waals surface area contributed by atoms with E-state index in [9.17, 15) is 25.1 Å². The standard InChI is InChI=1S/C13H15ClN2O5/c1-7-2-3-15(6-11(7)17)12-9(13(18)19)4-8(16(20)21)5-10(12)14/h4-5,7,11,17H,2-3,6H2,1H3,(H,18,19). The van der Waals surface area contributed by atoms with Crippen molar-refractivity contribution >= 4 is 28.9 Å². The maximum atomic E-state index is 11.4. The largest absolute Gasteiger partial charge is 0.478 e. The maximum absolute atomic E-state index is 11.4. The number of nitro groups is 1. The number of non-ortho nitro benzene ring substituents is 1. The van der Waals surface area contributed by atoms with Crippen molar-refractivity contribution in [1.29, 1.82) is 0 Å². The first-order valence-corrected chi connectivity index (χ1v) is 6.83. The smallest absolute Gasteiger partial charge is 0.338 e. The second kappa shape index (κ2) is 5.87. The number of anilines is 1. The highest BCUT2D eigenvalue weighted by Crippen LogP contribution is 2.36. The Morgan fingerprint density at radius 2 is 2.19 bits per heavy atom. The van der Waals surface area contributed by atoms with Crippen LogP contribution in [0, 0.1) is 16.0 Å². The van der Waals surface area contributed by atoms with Crippen LogP contribution in [0.15, 0.2) is 12.1 Å². The lowest BCUT2D eigenvalue weighted by atomic mass is 9.95. The van der Waals surface area contributed by atoms with E-state index in [0.29, 0.717) is 13.0 Å². The fraction of sp³-hybridized carbons (Fsp3) is 0.462. The molecule has 0 bridgehead atoms. The number of aromatic carboxylic acids is 1. The summed E-state index contributed by atoms with van der Waals surface area (Å²) in [5, 5.41) is 30.0. The van der Waals surface area contributed by atoms with E-state index >= 15 is 0 Å². The third kappa shape index (κ3) is 3.08. The number of aliphatic hydroxyl groups excluding tert-OH is 1. The number of rotatable bonds is 3. The lowest BCUT2D eigenvalue weighted by Gasteiger charge is -2.36. The van der Waals surface area contributed by atoms with E-state index in [2.05, 4.69) is 0 Å². The van der Waals surface area contributed by atoms with Gasteiger partial charge < -0.3 is 15.1 Å². The van der Waals surface area contributed by atoms with Gasteiger partial charge in [-0.2, -0.15) is 0 Å². The van der Waals surface area contributed by atoms with Crippen molar-refractivity contribution in [2.75, 3.05) is 18.0 Å². The van der Waals surface area contributed by atoms with Gasteiger partial charge in [0.1, 0.15) is 0 Å². The van der Waals surface area contributed by atoms with Crippen LogP contribution in [0.1, 0.15) is 23.7 Å². The Morgan fingerprint density at radius 1 is 1.52 bits per heavy atom. The third-order valence-corrected chi connectivity index (χ3v) is 4.01. The van der Waals surface area contributed by atoms with E-state index in [4.69, 9.17) is 11.6 Å². The molecular weight excluding hydrogens is 300 g/mol. The van der Waals surface area contributed by atoms with Crippen molar-refractivity contribution in [1.82, 2.24) is 0 Å². The first-order valence-electron chi connectivity index (χ1n) is 6.45. The highest BCUT2D eigenvalue weighted by Gasteiger charge is 2.30. The number of carbonyl (C=O) groups is 1. The molecule has 1 heterocycles. The number of hydrogen-bond donors (Lipinski definition) is 2. The van der Waals surface area contributed by atoms with E-state index in [0.717, 1.165) is 12.1 Å². The quantitative estimate of drug-likeness (QED) is 0.654. The van der Waals surface area contributed by atoms with Crippen molar-refractivity contribution in [2.24, 2.45) is 5.92 Å². The van der Waals surface area contributed by atoms with Crippen molar-refractivity contribution in [3.8, 4) is 0 Å². The summed E-state index contributed by atoms with van der Waals surface area (Å²) in [6.07, 6.45) is 0.0970. The number of aliphatic hydroxyl groups is 1. The molecule has 1 aliphatic rings. The van der Waals surface area contributed by atoms with E-state index in [1.807, 2.05) is 6.92 Å².